The zero-order valence-electron chi connectivity index (χ0n) is 13.5. The Labute approximate surface area is 143 Å². The number of tetrazole rings is 1. The minimum absolute atomic E-state index is 0.0260. The van der Waals surface area contributed by atoms with Gasteiger partial charge in [-0.25, -0.2) is 0 Å². The molecule has 0 bridgehead atoms. The monoisotopic (exact) mass is 343 g/mol. The van der Waals surface area contributed by atoms with Gasteiger partial charge in [-0.05, 0) is 30.2 Å². The van der Waals surface area contributed by atoms with Crippen molar-refractivity contribution in [3.05, 3.63) is 46.5 Å². The second kappa shape index (κ2) is 7.07. The van der Waals surface area contributed by atoms with Crippen molar-refractivity contribution in [2.45, 2.75) is 19.4 Å². The first kappa shape index (κ1) is 16.6. The molecule has 130 valence electrons. The molecule has 25 heavy (non-hydrogen) atoms. The molecule has 1 fully saturated rings. The number of aromatic nitrogens is 4. The van der Waals surface area contributed by atoms with Crippen LogP contribution in [0.3, 0.4) is 0 Å². The molecule has 1 amide bonds. The van der Waals surface area contributed by atoms with Crippen molar-refractivity contribution in [2.75, 3.05) is 23.3 Å². The average molecular weight is 343 g/mol. The summed E-state index contributed by atoms with van der Waals surface area (Å²) in [7, 11) is 0. The summed E-state index contributed by atoms with van der Waals surface area (Å²) in [6, 6.07) is 4.45. The van der Waals surface area contributed by atoms with Crippen LogP contribution < -0.4 is 10.2 Å². The molecule has 1 N–H and O–H groups in total. The highest BCUT2D eigenvalue weighted by molar-refractivity contribution is 6.04. The van der Waals surface area contributed by atoms with Gasteiger partial charge in [0.1, 0.15) is 5.69 Å². The summed E-state index contributed by atoms with van der Waals surface area (Å²) in [5.74, 6) is -0.507. The Hall–Kier alpha value is -3.30. The normalized spacial score (nSPS) is 13.7. The van der Waals surface area contributed by atoms with E-state index < -0.39 is 10.8 Å². The lowest BCUT2D eigenvalue weighted by atomic mass is 10.1. The van der Waals surface area contributed by atoms with Gasteiger partial charge < -0.3 is 4.90 Å². The van der Waals surface area contributed by atoms with Gasteiger partial charge in [0.15, 0.2) is 0 Å². The molecule has 0 spiro atoms. The van der Waals surface area contributed by atoms with E-state index in [2.05, 4.69) is 27.3 Å². The van der Waals surface area contributed by atoms with E-state index in [4.69, 9.17) is 0 Å². The second-order valence-electron chi connectivity index (χ2n) is 5.57. The van der Waals surface area contributed by atoms with Crippen LogP contribution >= 0.6 is 0 Å². The second-order valence-corrected chi connectivity index (χ2v) is 5.57. The summed E-state index contributed by atoms with van der Waals surface area (Å²) >= 11 is 0. The number of anilines is 2. The topological polar surface area (TPSA) is 119 Å². The van der Waals surface area contributed by atoms with E-state index in [0.29, 0.717) is 12.2 Å². The standard InChI is InChI=1S/C15H17N7O3/c1-2-7-21-18-15(17-19-21)16-14(23)11-5-6-12(13(10-11)22(24)25)20-8-3-4-9-20/h2,5-6,10H,1,3-4,7-9H2,(H,16,18,23). The fraction of sp³-hybridized carbons (Fsp3) is 0.333. The highest BCUT2D eigenvalue weighted by atomic mass is 16.6. The molecule has 0 saturated carbocycles. The molecule has 0 unspecified atom stereocenters. The number of nitrogens with zero attached hydrogens (tertiary/aromatic N) is 6. The lowest BCUT2D eigenvalue weighted by Crippen LogP contribution is -2.20. The van der Waals surface area contributed by atoms with E-state index >= 15 is 0 Å². The Bertz CT molecular complexity index is 811. The number of rotatable bonds is 6. The first-order valence-corrected chi connectivity index (χ1v) is 7.82. The van der Waals surface area contributed by atoms with E-state index in [1.54, 1.807) is 18.2 Å². The van der Waals surface area contributed by atoms with Crippen LogP contribution in [0, 0.1) is 10.1 Å². The summed E-state index contributed by atoms with van der Waals surface area (Å²) in [5, 5.41) is 25.3. The van der Waals surface area contributed by atoms with Gasteiger partial charge >= 0.3 is 0 Å². The number of nitro groups is 1. The predicted octanol–water partition coefficient (Wildman–Crippen LogP) is 1.62. The molecule has 1 aromatic carbocycles. The van der Waals surface area contributed by atoms with Crippen LogP contribution in [0.2, 0.25) is 0 Å². The van der Waals surface area contributed by atoms with Crippen LogP contribution in [0.1, 0.15) is 23.2 Å². The molecular weight excluding hydrogens is 326 g/mol. The number of nitrogens with one attached hydrogen (secondary N) is 1. The van der Waals surface area contributed by atoms with Gasteiger partial charge in [0, 0.05) is 24.7 Å². The van der Waals surface area contributed by atoms with Gasteiger partial charge in [-0.1, -0.05) is 11.2 Å². The molecule has 10 heteroatoms. The minimum atomic E-state index is -0.533. The maximum absolute atomic E-state index is 12.3. The van der Waals surface area contributed by atoms with Crippen LogP contribution in [-0.4, -0.2) is 44.1 Å². The smallest absolute Gasteiger partial charge is 0.293 e. The quantitative estimate of drug-likeness (QED) is 0.481. The lowest BCUT2D eigenvalue weighted by molar-refractivity contribution is -0.384. The largest absolute Gasteiger partial charge is 0.366 e. The highest BCUT2D eigenvalue weighted by Crippen LogP contribution is 2.31. The number of carbonyl (C=O) groups is 1. The minimum Gasteiger partial charge on any atom is -0.366 e. The fourth-order valence-corrected chi connectivity index (χ4v) is 2.70. The van der Waals surface area contributed by atoms with E-state index in [0.717, 1.165) is 25.9 Å². The molecule has 1 aliphatic rings. The van der Waals surface area contributed by atoms with Crippen LogP contribution in [0.25, 0.3) is 0 Å². The van der Waals surface area contributed by atoms with Crippen molar-refractivity contribution in [1.29, 1.82) is 0 Å². The number of allylic oxidation sites excluding steroid dienone is 1. The Balaban J connectivity index is 1.80. The van der Waals surface area contributed by atoms with Crippen molar-refractivity contribution in [3.63, 3.8) is 0 Å². The summed E-state index contributed by atoms with van der Waals surface area (Å²) < 4.78 is 0. The van der Waals surface area contributed by atoms with E-state index in [-0.39, 0.29) is 17.2 Å². The lowest BCUT2D eigenvalue weighted by Gasteiger charge is -2.17. The molecule has 0 aliphatic carbocycles. The predicted molar refractivity (Wildman–Crippen MR) is 90.5 cm³/mol. The first-order chi connectivity index (χ1) is 12.1. The molecule has 1 aliphatic heterocycles. The number of nitro benzene ring substituents is 1. The van der Waals surface area contributed by atoms with Crippen LogP contribution in [0.5, 0.6) is 0 Å². The van der Waals surface area contributed by atoms with Crippen molar-refractivity contribution < 1.29 is 9.72 Å². The van der Waals surface area contributed by atoms with Crippen molar-refractivity contribution in [1.82, 2.24) is 20.2 Å². The summed E-state index contributed by atoms with van der Waals surface area (Å²) in [6.45, 7) is 5.48. The van der Waals surface area contributed by atoms with E-state index in [1.165, 1.54) is 10.9 Å². The number of amides is 1. The Kier molecular flexibility index (Phi) is 4.68. The average Bonchev–Trinajstić information content (AvgIpc) is 3.26. The van der Waals surface area contributed by atoms with Crippen molar-refractivity contribution in [2.24, 2.45) is 0 Å². The SMILES string of the molecule is C=CCn1nnc(NC(=O)c2ccc(N3CCCC3)c([N+](=O)[O-])c2)n1. The summed E-state index contributed by atoms with van der Waals surface area (Å²) in [6.07, 6.45) is 3.60. The molecule has 2 heterocycles. The van der Waals surface area contributed by atoms with E-state index in [9.17, 15) is 14.9 Å². The molecule has 1 saturated heterocycles. The van der Waals surface area contributed by atoms with Gasteiger partial charge in [0.2, 0.25) is 0 Å². The third kappa shape index (κ3) is 3.62. The number of benzene rings is 1. The van der Waals surface area contributed by atoms with Crippen molar-refractivity contribution >= 4 is 23.2 Å². The van der Waals surface area contributed by atoms with Crippen molar-refractivity contribution in [3.8, 4) is 0 Å². The Morgan fingerprint density at radius 1 is 1.40 bits per heavy atom. The fourth-order valence-electron chi connectivity index (χ4n) is 2.70. The Morgan fingerprint density at radius 2 is 2.16 bits per heavy atom. The zero-order chi connectivity index (χ0) is 17.8. The first-order valence-electron chi connectivity index (χ1n) is 7.82. The van der Waals surface area contributed by atoms with Crippen LogP contribution in [-0.2, 0) is 6.54 Å². The molecule has 1 aromatic heterocycles. The maximum atomic E-state index is 12.3. The van der Waals surface area contributed by atoms with Gasteiger partial charge in [0.05, 0.1) is 11.5 Å². The number of hydrogen-bond donors (Lipinski definition) is 1. The van der Waals surface area contributed by atoms with Gasteiger partial charge in [-0.15, -0.1) is 11.7 Å². The molecular formula is C15H17N7O3. The molecule has 3 rings (SSSR count). The zero-order valence-corrected chi connectivity index (χ0v) is 13.5. The van der Waals surface area contributed by atoms with Crippen LogP contribution in [0.15, 0.2) is 30.9 Å². The maximum Gasteiger partial charge on any atom is 0.293 e. The van der Waals surface area contributed by atoms with Crippen LogP contribution in [0.4, 0.5) is 17.3 Å². The summed E-state index contributed by atoms with van der Waals surface area (Å²) in [4.78, 5) is 26.4. The molecule has 0 radical (unpaired) electrons. The van der Waals surface area contributed by atoms with E-state index in [1.807, 2.05) is 4.90 Å². The third-order valence-electron chi connectivity index (χ3n) is 3.85. The number of hydrogen-bond acceptors (Lipinski definition) is 7. The highest BCUT2D eigenvalue weighted by Gasteiger charge is 2.24. The summed E-state index contributed by atoms with van der Waals surface area (Å²) in [5.41, 5.74) is 0.613. The molecule has 0 atom stereocenters. The number of carbonyl (C=O) groups excluding carboxylic acids is 1. The van der Waals surface area contributed by atoms with Gasteiger partial charge in [-0.2, -0.15) is 4.80 Å². The van der Waals surface area contributed by atoms with Gasteiger partial charge in [-0.3, -0.25) is 20.2 Å². The Morgan fingerprint density at radius 3 is 2.84 bits per heavy atom. The van der Waals surface area contributed by atoms with Gasteiger partial charge in [0.25, 0.3) is 17.5 Å². The molecule has 10 nitrogen and oxygen atoms in total. The molecule has 2 aromatic rings. The third-order valence-corrected chi connectivity index (χ3v) is 3.85.